The van der Waals surface area contributed by atoms with Gasteiger partial charge in [-0.05, 0) is 42.8 Å². The summed E-state index contributed by atoms with van der Waals surface area (Å²) in [4.78, 5) is 16.4. The third-order valence-electron chi connectivity index (χ3n) is 3.47. The molecule has 26 heavy (non-hydrogen) atoms. The van der Waals surface area contributed by atoms with Crippen molar-refractivity contribution in [3.8, 4) is 5.75 Å². The molecule has 4 nitrogen and oxygen atoms in total. The van der Waals surface area contributed by atoms with Crippen molar-refractivity contribution < 1.29 is 9.53 Å². The molecule has 0 aliphatic heterocycles. The number of hydrogen-bond donors (Lipinski definition) is 1. The monoisotopic (exact) mass is 384 g/mol. The first-order chi connectivity index (χ1) is 12.6. The molecule has 6 heteroatoms. The summed E-state index contributed by atoms with van der Waals surface area (Å²) in [6.45, 7) is 2.39. The third kappa shape index (κ3) is 5.18. The van der Waals surface area contributed by atoms with E-state index in [1.54, 1.807) is 29.5 Å². The smallest absolute Gasteiger partial charge is 0.248 e. The van der Waals surface area contributed by atoms with Gasteiger partial charge in [0.1, 0.15) is 12.4 Å². The Morgan fingerprint density at radius 2 is 2.12 bits per heavy atom. The molecule has 0 saturated carbocycles. The second kappa shape index (κ2) is 8.65. The highest BCUT2D eigenvalue weighted by Gasteiger charge is 2.03. The van der Waals surface area contributed by atoms with E-state index in [9.17, 15) is 4.79 Å². The molecule has 1 amide bonds. The minimum atomic E-state index is -0.248. The van der Waals surface area contributed by atoms with Gasteiger partial charge in [0.15, 0.2) is 0 Å². The van der Waals surface area contributed by atoms with Gasteiger partial charge in [-0.1, -0.05) is 35.9 Å². The third-order valence-corrected chi connectivity index (χ3v) is 4.62. The molecule has 0 radical (unpaired) electrons. The first kappa shape index (κ1) is 18.2. The number of carbonyl (C=O) groups is 1. The normalized spacial score (nSPS) is 10.8. The number of hydrogen-bond acceptors (Lipinski definition) is 4. The number of ether oxygens (including phenoxy) is 1. The van der Waals surface area contributed by atoms with Crippen LogP contribution in [0.4, 0.5) is 5.69 Å². The number of carbonyl (C=O) groups excluding carboxylic acids is 1. The Hall–Kier alpha value is -2.63. The lowest BCUT2D eigenvalue weighted by atomic mass is 10.2. The summed E-state index contributed by atoms with van der Waals surface area (Å²) in [5.74, 6) is 0.478. The molecule has 1 heterocycles. The van der Waals surface area contributed by atoms with Crippen LogP contribution in [0.3, 0.4) is 0 Å². The van der Waals surface area contributed by atoms with E-state index in [0.29, 0.717) is 17.3 Å². The number of nitrogens with one attached hydrogen (secondary N) is 1. The molecule has 1 N–H and O–H groups in total. The first-order valence-corrected chi connectivity index (χ1v) is 9.23. The lowest BCUT2D eigenvalue weighted by molar-refractivity contribution is -0.111. The van der Waals surface area contributed by atoms with Gasteiger partial charge < -0.3 is 10.1 Å². The molecule has 2 aromatic carbocycles. The predicted octanol–water partition coefficient (Wildman–Crippen LogP) is 5.34. The van der Waals surface area contributed by atoms with Crippen LogP contribution in [0.1, 0.15) is 16.3 Å². The number of rotatable bonds is 6. The predicted molar refractivity (Wildman–Crippen MR) is 107 cm³/mol. The van der Waals surface area contributed by atoms with Crippen LogP contribution in [0.5, 0.6) is 5.75 Å². The summed E-state index contributed by atoms with van der Waals surface area (Å²) in [6.07, 6.45) is 3.19. The number of thiazole rings is 1. The molecule has 1 aromatic heterocycles. The number of benzene rings is 2. The van der Waals surface area contributed by atoms with Crippen LogP contribution in [0.2, 0.25) is 5.02 Å². The van der Waals surface area contributed by atoms with E-state index < -0.39 is 0 Å². The largest absolute Gasteiger partial charge is 0.487 e. The van der Waals surface area contributed by atoms with Crippen LogP contribution in [0.25, 0.3) is 6.08 Å². The molecule has 132 valence electrons. The maximum Gasteiger partial charge on any atom is 0.248 e. The number of amides is 1. The van der Waals surface area contributed by atoms with E-state index >= 15 is 0 Å². The van der Waals surface area contributed by atoms with Gasteiger partial charge >= 0.3 is 0 Å². The molecule has 3 rings (SSSR count). The molecule has 0 bridgehead atoms. The van der Waals surface area contributed by atoms with Crippen LogP contribution in [-0.2, 0) is 11.4 Å². The van der Waals surface area contributed by atoms with Crippen LogP contribution >= 0.6 is 22.9 Å². The van der Waals surface area contributed by atoms with Gasteiger partial charge in [-0.2, -0.15) is 0 Å². The van der Waals surface area contributed by atoms with Gasteiger partial charge in [0.25, 0.3) is 0 Å². The summed E-state index contributed by atoms with van der Waals surface area (Å²) < 4.78 is 5.76. The highest BCUT2D eigenvalue weighted by Crippen LogP contribution is 2.21. The van der Waals surface area contributed by atoms with Gasteiger partial charge in [0.05, 0.1) is 21.4 Å². The standard InChI is InChI=1S/C20H17ClN2O2S/c1-14-22-16(13-26-14)12-25-17-6-4-5-15(11-17)9-10-20(24)23-19-8-3-2-7-18(19)21/h2-11,13H,12H2,1H3,(H,23,24)/b10-9+. The Labute approximate surface area is 161 Å². The fourth-order valence-corrected chi connectivity index (χ4v) is 3.03. The zero-order valence-corrected chi connectivity index (χ0v) is 15.7. The van der Waals surface area contributed by atoms with Crippen LogP contribution in [0, 0.1) is 6.92 Å². The molecule has 0 fully saturated rings. The Kier molecular flexibility index (Phi) is 6.04. The average molecular weight is 385 g/mol. The van der Waals surface area contributed by atoms with Crippen molar-refractivity contribution in [2.45, 2.75) is 13.5 Å². The lowest BCUT2D eigenvalue weighted by Gasteiger charge is -2.05. The minimum Gasteiger partial charge on any atom is -0.487 e. The molecule has 0 aliphatic rings. The van der Waals surface area contributed by atoms with Crippen molar-refractivity contribution in [3.63, 3.8) is 0 Å². The minimum absolute atomic E-state index is 0.248. The van der Waals surface area contributed by atoms with E-state index in [-0.39, 0.29) is 5.91 Å². The molecule has 3 aromatic rings. The topological polar surface area (TPSA) is 51.2 Å². The summed E-state index contributed by atoms with van der Waals surface area (Å²) in [5.41, 5.74) is 2.36. The van der Waals surface area contributed by atoms with Gasteiger partial charge in [0.2, 0.25) is 5.91 Å². The number of nitrogens with zero attached hydrogens (tertiary/aromatic N) is 1. The van der Waals surface area contributed by atoms with E-state index in [2.05, 4.69) is 10.3 Å². The number of halogens is 1. The molecular formula is C20H17ClN2O2S. The zero-order valence-electron chi connectivity index (χ0n) is 14.1. The first-order valence-electron chi connectivity index (χ1n) is 7.97. The SMILES string of the molecule is Cc1nc(COc2cccc(/C=C/C(=O)Nc3ccccc3Cl)c2)cs1. The van der Waals surface area contributed by atoms with Crippen LogP contribution in [-0.4, -0.2) is 10.9 Å². The van der Waals surface area contributed by atoms with Gasteiger partial charge in [-0.15, -0.1) is 11.3 Å². The Morgan fingerprint density at radius 3 is 2.88 bits per heavy atom. The van der Waals surface area contributed by atoms with Crippen molar-refractivity contribution in [1.82, 2.24) is 4.98 Å². The molecule has 0 atom stereocenters. The van der Waals surface area contributed by atoms with E-state index in [0.717, 1.165) is 22.0 Å². The van der Waals surface area contributed by atoms with Gasteiger partial charge in [0, 0.05) is 11.5 Å². The quantitative estimate of drug-likeness (QED) is 0.584. The molecule has 0 aliphatic carbocycles. The van der Waals surface area contributed by atoms with Crippen molar-refractivity contribution in [2.75, 3.05) is 5.32 Å². The highest BCUT2D eigenvalue weighted by atomic mass is 35.5. The zero-order chi connectivity index (χ0) is 18.4. The van der Waals surface area contributed by atoms with Gasteiger partial charge in [-0.3, -0.25) is 4.79 Å². The van der Waals surface area contributed by atoms with Crippen molar-refractivity contribution in [1.29, 1.82) is 0 Å². The highest BCUT2D eigenvalue weighted by molar-refractivity contribution is 7.09. The fraction of sp³-hybridized carbons (Fsp3) is 0.100. The van der Waals surface area contributed by atoms with Crippen molar-refractivity contribution >= 4 is 40.6 Å². The molecule has 0 saturated heterocycles. The van der Waals surface area contributed by atoms with Crippen LogP contribution in [0.15, 0.2) is 60.0 Å². The van der Waals surface area contributed by atoms with Crippen LogP contribution < -0.4 is 10.1 Å². The Bertz CT molecular complexity index is 937. The number of para-hydroxylation sites is 1. The fourth-order valence-electron chi connectivity index (χ4n) is 2.25. The maximum absolute atomic E-state index is 12.0. The molecule has 0 unspecified atom stereocenters. The summed E-state index contributed by atoms with van der Waals surface area (Å²) in [7, 11) is 0. The van der Waals surface area contributed by atoms with Crippen molar-refractivity contribution in [2.24, 2.45) is 0 Å². The number of anilines is 1. The average Bonchev–Trinajstić information content (AvgIpc) is 3.06. The Morgan fingerprint density at radius 1 is 1.27 bits per heavy atom. The van der Waals surface area contributed by atoms with Crippen molar-refractivity contribution in [3.05, 3.63) is 81.3 Å². The molecule has 0 spiro atoms. The Balaban J connectivity index is 1.59. The second-order valence-corrected chi connectivity index (χ2v) is 6.99. The van der Waals surface area contributed by atoms with E-state index in [4.69, 9.17) is 16.3 Å². The van der Waals surface area contributed by atoms with Gasteiger partial charge in [-0.25, -0.2) is 4.98 Å². The maximum atomic E-state index is 12.0. The number of aryl methyl sites for hydroxylation is 1. The lowest BCUT2D eigenvalue weighted by Crippen LogP contribution is -2.07. The van der Waals surface area contributed by atoms with E-state index in [1.165, 1.54) is 6.08 Å². The summed E-state index contributed by atoms with van der Waals surface area (Å²) in [5, 5.41) is 6.25. The summed E-state index contributed by atoms with van der Waals surface area (Å²) >= 11 is 7.63. The number of aromatic nitrogens is 1. The molecular weight excluding hydrogens is 368 g/mol. The summed E-state index contributed by atoms with van der Waals surface area (Å²) in [6, 6.07) is 14.6. The van der Waals surface area contributed by atoms with E-state index in [1.807, 2.05) is 48.7 Å². The second-order valence-electron chi connectivity index (χ2n) is 5.52.